The van der Waals surface area contributed by atoms with E-state index in [1.165, 1.54) is 30.1 Å². The number of hydrogen-bond donors (Lipinski definition) is 2. The number of aryl methyl sites for hydroxylation is 2. The maximum Gasteiger partial charge on any atom is 0.284 e. The number of nitrogens with one attached hydrogen (secondary N) is 2. The second-order valence-electron chi connectivity index (χ2n) is 5.76. The summed E-state index contributed by atoms with van der Waals surface area (Å²) in [5, 5.41) is 6.46. The number of benzene rings is 1. The van der Waals surface area contributed by atoms with Gasteiger partial charge in [0.1, 0.15) is 11.4 Å². The van der Waals surface area contributed by atoms with Gasteiger partial charge < -0.3 is 10.1 Å². The molecule has 0 aliphatic carbocycles. The molecule has 1 unspecified atom stereocenters. The average molecular weight is 399 g/mol. The summed E-state index contributed by atoms with van der Waals surface area (Å²) in [4.78, 5) is 23.8. The van der Waals surface area contributed by atoms with Gasteiger partial charge in [-0.05, 0) is 25.5 Å². The molecule has 0 spiro atoms. The monoisotopic (exact) mass is 398 g/mol. The van der Waals surface area contributed by atoms with Crippen LogP contribution in [0.15, 0.2) is 23.2 Å². The molecular weight excluding hydrogens is 384 g/mol. The number of amides is 2. The molecule has 1 aromatic carbocycles. The second-order valence-corrected chi connectivity index (χ2v) is 7.82. The molecule has 138 valence electrons. The third-order valence-corrected chi connectivity index (χ3v) is 5.58. The van der Waals surface area contributed by atoms with E-state index >= 15 is 0 Å². The molecule has 0 fully saturated rings. The Labute approximate surface area is 154 Å². The molecule has 1 aromatic heterocycles. The summed E-state index contributed by atoms with van der Waals surface area (Å²) in [6, 6.07) is 2.73. The van der Waals surface area contributed by atoms with Crippen LogP contribution >= 0.6 is 11.6 Å². The number of ether oxygens (including phenoxy) is 1. The number of nitrogens with zero attached hydrogens (tertiary/aromatic N) is 2. The van der Waals surface area contributed by atoms with E-state index in [2.05, 4.69) is 10.4 Å². The Morgan fingerprint density at radius 3 is 2.73 bits per heavy atom. The Balaban J connectivity index is 1.96. The first kappa shape index (κ1) is 18.2. The molecule has 2 N–H and O–H groups in total. The van der Waals surface area contributed by atoms with E-state index in [1.807, 2.05) is 4.72 Å². The van der Waals surface area contributed by atoms with Gasteiger partial charge >= 0.3 is 0 Å². The van der Waals surface area contributed by atoms with Crippen LogP contribution in [0, 0.1) is 6.92 Å². The fourth-order valence-electron chi connectivity index (χ4n) is 2.52. The molecule has 1 atom stereocenters. The highest BCUT2D eigenvalue weighted by molar-refractivity contribution is 7.90. The van der Waals surface area contributed by atoms with Crippen LogP contribution in [-0.2, 0) is 21.9 Å². The van der Waals surface area contributed by atoms with E-state index < -0.39 is 22.0 Å². The maximum atomic E-state index is 12.7. The third kappa shape index (κ3) is 3.13. The van der Waals surface area contributed by atoms with Gasteiger partial charge in [0, 0.05) is 13.1 Å². The Bertz CT molecular complexity index is 1010. The fourth-order valence-corrected chi connectivity index (χ4v) is 3.97. The quantitative estimate of drug-likeness (QED) is 0.802. The van der Waals surface area contributed by atoms with E-state index in [0.29, 0.717) is 11.3 Å². The van der Waals surface area contributed by atoms with Gasteiger partial charge in [0.15, 0.2) is 6.10 Å². The van der Waals surface area contributed by atoms with Crippen molar-refractivity contribution in [2.45, 2.75) is 24.8 Å². The normalized spacial score (nSPS) is 16.5. The molecule has 11 heteroatoms. The predicted molar refractivity (Wildman–Crippen MR) is 92.8 cm³/mol. The molecule has 1 aliphatic heterocycles. The van der Waals surface area contributed by atoms with E-state index in [4.69, 9.17) is 16.3 Å². The second kappa shape index (κ2) is 6.29. The molecule has 0 saturated carbocycles. The van der Waals surface area contributed by atoms with Crippen LogP contribution in [0.5, 0.6) is 5.75 Å². The van der Waals surface area contributed by atoms with Crippen LogP contribution in [0.2, 0.25) is 5.02 Å². The SMILES string of the molecule is Cc1cc2c(cc1S(=O)(=O)NC(=O)c1c(Cl)cnn1C)OC(C)C(=O)N2. The van der Waals surface area contributed by atoms with Crippen molar-refractivity contribution in [3.63, 3.8) is 0 Å². The van der Waals surface area contributed by atoms with Crippen LogP contribution in [-0.4, -0.2) is 36.1 Å². The number of fused-ring (bicyclic) bond motifs is 1. The van der Waals surface area contributed by atoms with Crippen molar-refractivity contribution in [3.8, 4) is 5.75 Å². The lowest BCUT2D eigenvalue weighted by Crippen LogP contribution is -2.35. The number of anilines is 1. The van der Waals surface area contributed by atoms with Crippen molar-refractivity contribution in [2.24, 2.45) is 7.05 Å². The number of halogens is 1. The minimum Gasteiger partial charge on any atom is -0.479 e. The molecular formula is C15H15ClN4O5S. The summed E-state index contributed by atoms with van der Waals surface area (Å²) < 4.78 is 33.9. The lowest BCUT2D eigenvalue weighted by atomic mass is 10.1. The van der Waals surface area contributed by atoms with E-state index in [0.717, 1.165) is 0 Å². The Hall–Kier alpha value is -2.59. The van der Waals surface area contributed by atoms with Crippen molar-refractivity contribution in [1.29, 1.82) is 0 Å². The number of rotatable bonds is 3. The maximum absolute atomic E-state index is 12.7. The Morgan fingerprint density at radius 2 is 2.12 bits per heavy atom. The number of aromatic nitrogens is 2. The summed E-state index contributed by atoms with van der Waals surface area (Å²) in [6.07, 6.45) is 0.481. The van der Waals surface area contributed by atoms with E-state index in [1.54, 1.807) is 13.8 Å². The van der Waals surface area contributed by atoms with Crippen molar-refractivity contribution < 1.29 is 22.7 Å². The number of sulfonamides is 1. The number of carbonyl (C=O) groups is 2. The molecule has 0 saturated heterocycles. The summed E-state index contributed by atoms with van der Waals surface area (Å²) in [6.45, 7) is 3.08. The van der Waals surface area contributed by atoms with Gasteiger partial charge in [0.25, 0.3) is 21.8 Å². The predicted octanol–water partition coefficient (Wildman–Crippen LogP) is 1.22. The molecule has 9 nitrogen and oxygen atoms in total. The van der Waals surface area contributed by atoms with E-state index in [-0.39, 0.29) is 27.3 Å². The zero-order chi connectivity index (χ0) is 19.2. The van der Waals surface area contributed by atoms with Crippen molar-refractivity contribution in [3.05, 3.63) is 34.6 Å². The van der Waals surface area contributed by atoms with Crippen LogP contribution in [0.4, 0.5) is 5.69 Å². The van der Waals surface area contributed by atoms with E-state index in [9.17, 15) is 18.0 Å². The first-order valence-electron chi connectivity index (χ1n) is 7.47. The van der Waals surface area contributed by atoms with Gasteiger partial charge in [-0.15, -0.1) is 0 Å². The van der Waals surface area contributed by atoms with Gasteiger partial charge in [-0.25, -0.2) is 13.1 Å². The Morgan fingerprint density at radius 1 is 1.42 bits per heavy atom. The smallest absolute Gasteiger partial charge is 0.284 e. The first-order chi connectivity index (χ1) is 12.1. The summed E-state index contributed by atoms with van der Waals surface area (Å²) in [7, 11) is -2.74. The van der Waals surface area contributed by atoms with Crippen LogP contribution < -0.4 is 14.8 Å². The highest BCUT2D eigenvalue weighted by Crippen LogP contribution is 2.34. The Kier molecular flexibility index (Phi) is 4.41. The molecule has 0 radical (unpaired) electrons. The third-order valence-electron chi connectivity index (χ3n) is 3.83. The molecule has 2 amide bonds. The van der Waals surface area contributed by atoms with Crippen LogP contribution in [0.25, 0.3) is 0 Å². The highest BCUT2D eigenvalue weighted by Gasteiger charge is 2.29. The largest absolute Gasteiger partial charge is 0.479 e. The molecule has 2 heterocycles. The fraction of sp³-hybridized carbons (Fsp3) is 0.267. The zero-order valence-corrected chi connectivity index (χ0v) is 15.6. The van der Waals surface area contributed by atoms with Crippen molar-refractivity contribution >= 4 is 39.1 Å². The zero-order valence-electron chi connectivity index (χ0n) is 14.0. The molecule has 2 aromatic rings. The minimum absolute atomic E-state index is 0.0298. The summed E-state index contributed by atoms with van der Waals surface area (Å²) >= 11 is 5.87. The lowest BCUT2D eigenvalue weighted by Gasteiger charge is -2.24. The average Bonchev–Trinajstić information content (AvgIpc) is 2.86. The van der Waals surface area contributed by atoms with Crippen molar-refractivity contribution in [2.75, 3.05) is 5.32 Å². The molecule has 3 rings (SSSR count). The molecule has 1 aliphatic rings. The molecule has 0 bridgehead atoms. The van der Waals surface area contributed by atoms with Gasteiger partial charge in [0.05, 0.1) is 21.8 Å². The van der Waals surface area contributed by atoms with Gasteiger partial charge in [-0.1, -0.05) is 11.6 Å². The van der Waals surface area contributed by atoms with Gasteiger partial charge in [-0.2, -0.15) is 5.10 Å². The summed E-state index contributed by atoms with van der Waals surface area (Å²) in [5.41, 5.74) is 0.618. The van der Waals surface area contributed by atoms with Crippen LogP contribution in [0.1, 0.15) is 23.0 Å². The standard InChI is InChI=1S/C15H15ClN4O5S/c1-7-4-10-11(25-8(2)14(21)18-10)5-12(7)26(23,24)19-15(22)13-9(16)6-17-20(13)3/h4-6,8H,1-3H3,(H,18,21)(H,19,22). The van der Waals surface area contributed by atoms with Crippen molar-refractivity contribution in [1.82, 2.24) is 14.5 Å². The lowest BCUT2D eigenvalue weighted by molar-refractivity contribution is -0.122. The van der Waals surface area contributed by atoms with Crippen LogP contribution in [0.3, 0.4) is 0 Å². The highest BCUT2D eigenvalue weighted by atomic mass is 35.5. The van der Waals surface area contributed by atoms with Gasteiger partial charge in [0.2, 0.25) is 0 Å². The first-order valence-corrected chi connectivity index (χ1v) is 9.33. The van der Waals surface area contributed by atoms with Gasteiger partial charge in [-0.3, -0.25) is 14.3 Å². The molecule has 26 heavy (non-hydrogen) atoms. The number of carbonyl (C=O) groups excluding carboxylic acids is 2. The number of hydrogen-bond acceptors (Lipinski definition) is 6. The minimum atomic E-state index is -4.21. The summed E-state index contributed by atoms with van der Waals surface area (Å²) in [5.74, 6) is -1.03. The topological polar surface area (TPSA) is 119 Å².